The molecule has 1 aromatic carbocycles. The summed E-state index contributed by atoms with van der Waals surface area (Å²) < 4.78 is 58.0. The standard InChI is InChI=1S/C12H16F2N2O3S/c1-2-19-11-6-10(15)12(11)16-20(17,18)9-4-7(13)3-8(14)5-9/h3-5,10-12,16H,2,6,15H2,1H3. The van der Waals surface area contributed by atoms with Crippen LogP contribution in [0.3, 0.4) is 0 Å². The fraction of sp³-hybridized carbons (Fsp3) is 0.500. The first-order chi connectivity index (χ1) is 9.33. The van der Waals surface area contributed by atoms with Crippen molar-refractivity contribution in [2.24, 2.45) is 5.73 Å². The maximum atomic E-state index is 13.1. The smallest absolute Gasteiger partial charge is 0.241 e. The summed E-state index contributed by atoms with van der Waals surface area (Å²) in [5.41, 5.74) is 5.73. The van der Waals surface area contributed by atoms with E-state index in [1.54, 1.807) is 6.92 Å². The molecule has 112 valence electrons. The van der Waals surface area contributed by atoms with E-state index in [0.717, 1.165) is 12.1 Å². The molecule has 0 aromatic heterocycles. The molecule has 1 aliphatic carbocycles. The second kappa shape index (κ2) is 5.72. The molecule has 0 amide bonds. The van der Waals surface area contributed by atoms with E-state index in [4.69, 9.17) is 10.5 Å². The van der Waals surface area contributed by atoms with Gasteiger partial charge >= 0.3 is 0 Å². The summed E-state index contributed by atoms with van der Waals surface area (Å²) in [4.78, 5) is -0.468. The lowest BCUT2D eigenvalue weighted by molar-refractivity contribution is -0.0248. The van der Waals surface area contributed by atoms with E-state index in [2.05, 4.69) is 4.72 Å². The Morgan fingerprint density at radius 2 is 1.95 bits per heavy atom. The Kier molecular flexibility index (Phi) is 4.38. The predicted molar refractivity (Wildman–Crippen MR) is 68.5 cm³/mol. The molecule has 0 saturated heterocycles. The van der Waals surface area contributed by atoms with Gasteiger partial charge in [0.25, 0.3) is 0 Å². The van der Waals surface area contributed by atoms with Gasteiger partial charge in [-0.3, -0.25) is 0 Å². The number of sulfonamides is 1. The number of ether oxygens (including phenoxy) is 1. The average molecular weight is 306 g/mol. The van der Waals surface area contributed by atoms with Crippen LogP contribution in [0.4, 0.5) is 8.78 Å². The predicted octanol–water partition coefficient (Wildman–Crippen LogP) is 0.748. The Hall–Kier alpha value is -1.09. The molecule has 3 atom stereocenters. The van der Waals surface area contributed by atoms with Gasteiger partial charge < -0.3 is 10.5 Å². The highest BCUT2D eigenvalue weighted by molar-refractivity contribution is 7.89. The van der Waals surface area contributed by atoms with Crippen LogP contribution in [-0.2, 0) is 14.8 Å². The molecular weight excluding hydrogens is 290 g/mol. The van der Waals surface area contributed by atoms with Crippen molar-refractivity contribution >= 4 is 10.0 Å². The SMILES string of the molecule is CCOC1CC(N)C1NS(=O)(=O)c1cc(F)cc(F)c1. The van der Waals surface area contributed by atoms with Crippen LogP contribution in [0.5, 0.6) is 0 Å². The second-order valence-corrected chi connectivity index (χ2v) is 6.36. The lowest BCUT2D eigenvalue weighted by Crippen LogP contribution is -2.64. The minimum atomic E-state index is -4.04. The van der Waals surface area contributed by atoms with Gasteiger partial charge in [0.1, 0.15) is 11.6 Å². The van der Waals surface area contributed by atoms with Crippen LogP contribution in [-0.4, -0.2) is 33.2 Å². The second-order valence-electron chi connectivity index (χ2n) is 4.65. The van der Waals surface area contributed by atoms with Crippen LogP contribution in [0.15, 0.2) is 23.1 Å². The molecule has 0 radical (unpaired) electrons. The van der Waals surface area contributed by atoms with E-state index in [1.165, 1.54) is 0 Å². The molecule has 2 rings (SSSR count). The highest BCUT2D eigenvalue weighted by Crippen LogP contribution is 2.25. The highest BCUT2D eigenvalue weighted by atomic mass is 32.2. The van der Waals surface area contributed by atoms with Crippen LogP contribution in [0, 0.1) is 11.6 Å². The quantitative estimate of drug-likeness (QED) is 0.841. The van der Waals surface area contributed by atoms with Gasteiger partial charge in [-0.2, -0.15) is 0 Å². The number of hydrogen-bond acceptors (Lipinski definition) is 4. The third-order valence-electron chi connectivity index (χ3n) is 3.18. The summed E-state index contributed by atoms with van der Waals surface area (Å²) >= 11 is 0. The van der Waals surface area contributed by atoms with Gasteiger partial charge in [-0.15, -0.1) is 0 Å². The van der Waals surface area contributed by atoms with Gasteiger partial charge in [0.05, 0.1) is 17.0 Å². The molecule has 8 heteroatoms. The van der Waals surface area contributed by atoms with Crippen molar-refractivity contribution < 1.29 is 21.9 Å². The van der Waals surface area contributed by atoms with E-state index in [0.29, 0.717) is 19.1 Å². The van der Waals surface area contributed by atoms with Gasteiger partial charge in [0.2, 0.25) is 10.0 Å². The first-order valence-corrected chi connectivity index (χ1v) is 7.67. The summed E-state index contributed by atoms with van der Waals surface area (Å²) in [5.74, 6) is -1.91. The largest absolute Gasteiger partial charge is 0.377 e. The number of halogens is 2. The molecule has 0 spiro atoms. The van der Waals surface area contributed by atoms with Crippen molar-refractivity contribution in [1.29, 1.82) is 0 Å². The number of nitrogens with two attached hydrogens (primary N) is 1. The molecule has 3 N–H and O–H groups in total. The zero-order valence-corrected chi connectivity index (χ0v) is 11.7. The highest BCUT2D eigenvalue weighted by Gasteiger charge is 2.42. The van der Waals surface area contributed by atoms with E-state index < -0.39 is 32.6 Å². The Morgan fingerprint density at radius 1 is 1.35 bits per heavy atom. The van der Waals surface area contributed by atoms with Crippen LogP contribution >= 0.6 is 0 Å². The van der Waals surface area contributed by atoms with E-state index in [1.807, 2.05) is 0 Å². The zero-order chi connectivity index (χ0) is 14.9. The topological polar surface area (TPSA) is 81.4 Å². The molecule has 1 fully saturated rings. The van der Waals surface area contributed by atoms with Crippen molar-refractivity contribution in [3.63, 3.8) is 0 Å². The van der Waals surface area contributed by atoms with Crippen LogP contribution in [0.1, 0.15) is 13.3 Å². The third kappa shape index (κ3) is 3.14. The molecular formula is C12H16F2N2O3S. The van der Waals surface area contributed by atoms with Gasteiger partial charge in [0.15, 0.2) is 0 Å². The van der Waals surface area contributed by atoms with Gasteiger partial charge in [0, 0.05) is 18.7 Å². The van der Waals surface area contributed by atoms with Crippen molar-refractivity contribution in [1.82, 2.24) is 4.72 Å². The van der Waals surface area contributed by atoms with E-state index >= 15 is 0 Å². The lowest BCUT2D eigenvalue weighted by atomic mass is 9.84. The number of benzene rings is 1. The van der Waals surface area contributed by atoms with Crippen molar-refractivity contribution in [2.75, 3.05) is 6.61 Å². The summed E-state index contributed by atoms with van der Waals surface area (Å²) in [6.07, 6.45) is 0.224. The van der Waals surface area contributed by atoms with Crippen molar-refractivity contribution in [3.05, 3.63) is 29.8 Å². The minimum Gasteiger partial charge on any atom is -0.377 e. The molecule has 0 aliphatic heterocycles. The van der Waals surface area contributed by atoms with E-state index in [-0.39, 0.29) is 12.1 Å². The van der Waals surface area contributed by atoms with Gasteiger partial charge in [-0.25, -0.2) is 21.9 Å². The summed E-state index contributed by atoms with van der Waals surface area (Å²) in [6.45, 7) is 2.22. The molecule has 1 saturated carbocycles. The first-order valence-electron chi connectivity index (χ1n) is 6.19. The molecule has 1 aromatic rings. The van der Waals surface area contributed by atoms with E-state index in [9.17, 15) is 17.2 Å². The first kappa shape index (κ1) is 15.3. The molecule has 5 nitrogen and oxygen atoms in total. The zero-order valence-electron chi connectivity index (χ0n) is 10.8. The van der Waals surface area contributed by atoms with Gasteiger partial charge in [-0.1, -0.05) is 0 Å². The average Bonchev–Trinajstić information content (AvgIpc) is 2.35. The van der Waals surface area contributed by atoms with Crippen LogP contribution in [0.25, 0.3) is 0 Å². The minimum absolute atomic E-state index is 0.316. The molecule has 1 aliphatic rings. The fourth-order valence-electron chi connectivity index (χ4n) is 2.12. The molecule has 0 heterocycles. The lowest BCUT2D eigenvalue weighted by Gasteiger charge is -2.42. The molecule has 3 unspecified atom stereocenters. The Morgan fingerprint density at radius 3 is 2.45 bits per heavy atom. The monoisotopic (exact) mass is 306 g/mol. The summed E-state index contributed by atoms with van der Waals surface area (Å²) in [6, 6.07) is 1.15. The fourth-order valence-corrected chi connectivity index (χ4v) is 3.48. The number of nitrogens with one attached hydrogen (secondary N) is 1. The maximum absolute atomic E-state index is 13.1. The van der Waals surface area contributed by atoms with Crippen LogP contribution < -0.4 is 10.5 Å². The normalized spacial score (nSPS) is 26.3. The maximum Gasteiger partial charge on any atom is 0.241 e. The molecule has 0 bridgehead atoms. The number of rotatable bonds is 5. The Balaban J connectivity index is 2.18. The third-order valence-corrected chi connectivity index (χ3v) is 4.62. The van der Waals surface area contributed by atoms with Crippen LogP contribution in [0.2, 0.25) is 0 Å². The Labute approximate surface area is 116 Å². The molecule has 20 heavy (non-hydrogen) atoms. The summed E-state index contributed by atoms with van der Waals surface area (Å²) in [7, 11) is -4.04. The number of hydrogen-bond donors (Lipinski definition) is 2. The Bertz CT molecular complexity index is 572. The summed E-state index contributed by atoms with van der Waals surface area (Å²) in [5, 5.41) is 0. The van der Waals surface area contributed by atoms with Crippen molar-refractivity contribution in [3.8, 4) is 0 Å². The van der Waals surface area contributed by atoms with Crippen molar-refractivity contribution in [2.45, 2.75) is 36.4 Å². The van der Waals surface area contributed by atoms with Gasteiger partial charge in [-0.05, 0) is 25.5 Å².